The van der Waals surface area contributed by atoms with Gasteiger partial charge in [0.25, 0.3) is 0 Å². The van der Waals surface area contributed by atoms with E-state index in [0.717, 1.165) is 28.5 Å². The molecule has 2 N–H and O–H groups in total. The average Bonchev–Trinajstić information content (AvgIpc) is 2.34. The summed E-state index contributed by atoms with van der Waals surface area (Å²) in [5, 5.41) is 0. The van der Waals surface area contributed by atoms with E-state index in [0.29, 0.717) is 5.82 Å². The van der Waals surface area contributed by atoms with Crippen molar-refractivity contribution < 1.29 is 0 Å². The third kappa shape index (κ3) is 3.39. The predicted molar refractivity (Wildman–Crippen MR) is 77.6 cm³/mol. The first-order chi connectivity index (χ1) is 8.27. The molecule has 0 radical (unpaired) electrons. The number of halogens is 1. The normalized spacial score (nSPS) is 10.4. The quantitative estimate of drug-likeness (QED) is 0.688. The van der Waals surface area contributed by atoms with Crippen LogP contribution in [0.25, 0.3) is 0 Å². The van der Waals surface area contributed by atoms with E-state index < -0.39 is 0 Å². The van der Waals surface area contributed by atoms with Gasteiger partial charge in [-0.3, -0.25) is 0 Å². The van der Waals surface area contributed by atoms with Crippen LogP contribution in [0.1, 0.15) is 17.5 Å². The molecule has 0 aliphatic rings. The Kier molecular flexibility index (Phi) is 4.30. The van der Waals surface area contributed by atoms with E-state index in [4.69, 9.17) is 5.73 Å². The summed E-state index contributed by atoms with van der Waals surface area (Å²) in [5.41, 5.74) is 8.28. The molecule has 1 aromatic heterocycles. The summed E-state index contributed by atoms with van der Waals surface area (Å²) in [4.78, 5) is 8.19. The van der Waals surface area contributed by atoms with Crippen molar-refractivity contribution in [2.75, 3.05) is 5.73 Å². The van der Waals surface area contributed by atoms with Crippen LogP contribution in [0.5, 0.6) is 0 Å². The molecule has 0 fully saturated rings. The Morgan fingerprint density at radius 1 is 1.06 bits per heavy atom. The Morgan fingerprint density at radius 2 is 1.82 bits per heavy atom. The minimum absolute atomic E-state index is 0.609. The maximum absolute atomic E-state index is 5.84. The van der Waals surface area contributed by atoms with Gasteiger partial charge in [-0.25, -0.2) is 9.97 Å². The highest BCUT2D eigenvalue weighted by Gasteiger charge is 2.06. The second-order valence-corrected chi connectivity index (χ2v) is 4.89. The minimum Gasteiger partial charge on any atom is -0.383 e. The molecule has 0 aliphatic carbocycles. The van der Waals surface area contributed by atoms with Gasteiger partial charge in [-0.1, -0.05) is 30.3 Å². The molecule has 1 aromatic carbocycles. The maximum atomic E-state index is 5.84. The first kappa shape index (κ1) is 12.3. The SMILES string of the molecule is Nc1ncnc(I)c1CCCc1ccccc1. The minimum atomic E-state index is 0.609. The number of hydrogen-bond acceptors (Lipinski definition) is 3. The van der Waals surface area contributed by atoms with Crippen LogP contribution in [0.2, 0.25) is 0 Å². The molecule has 2 aromatic rings. The molecular formula is C13H14IN3. The molecule has 3 nitrogen and oxygen atoms in total. The van der Waals surface area contributed by atoms with Crippen LogP contribution < -0.4 is 5.73 Å². The maximum Gasteiger partial charge on any atom is 0.131 e. The Balaban J connectivity index is 1.95. The first-order valence-corrected chi connectivity index (χ1v) is 6.64. The first-order valence-electron chi connectivity index (χ1n) is 5.56. The molecule has 0 unspecified atom stereocenters. The molecule has 2 rings (SSSR count). The van der Waals surface area contributed by atoms with Gasteiger partial charge in [-0.15, -0.1) is 0 Å². The number of nitrogens with two attached hydrogens (primary N) is 1. The average molecular weight is 339 g/mol. The van der Waals surface area contributed by atoms with Gasteiger partial charge >= 0.3 is 0 Å². The summed E-state index contributed by atoms with van der Waals surface area (Å²) < 4.78 is 0.961. The van der Waals surface area contributed by atoms with E-state index in [-0.39, 0.29) is 0 Å². The van der Waals surface area contributed by atoms with Crippen LogP contribution in [0.15, 0.2) is 36.7 Å². The Bertz CT molecular complexity index is 465. The lowest BCUT2D eigenvalue weighted by Crippen LogP contribution is -2.03. The van der Waals surface area contributed by atoms with Crippen molar-refractivity contribution in [3.63, 3.8) is 0 Å². The van der Waals surface area contributed by atoms with Gasteiger partial charge in [-0.05, 0) is 47.4 Å². The number of nitrogens with zero attached hydrogens (tertiary/aromatic N) is 2. The zero-order chi connectivity index (χ0) is 12.1. The largest absolute Gasteiger partial charge is 0.383 e. The van der Waals surface area contributed by atoms with Crippen LogP contribution in [-0.4, -0.2) is 9.97 Å². The highest BCUT2D eigenvalue weighted by molar-refractivity contribution is 14.1. The molecule has 1 heterocycles. The van der Waals surface area contributed by atoms with E-state index in [9.17, 15) is 0 Å². The van der Waals surface area contributed by atoms with Crippen LogP contribution in [0, 0.1) is 3.70 Å². The van der Waals surface area contributed by atoms with Crippen molar-refractivity contribution in [1.29, 1.82) is 0 Å². The number of aryl methyl sites for hydroxylation is 1. The van der Waals surface area contributed by atoms with Gasteiger partial charge in [0.15, 0.2) is 0 Å². The summed E-state index contributed by atoms with van der Waals surface area (Å²) in [6.45, 7) is 0. The van der Waals surface area contributed by atoms with E-state index in [1.807, 2.05) is 6.07 Å². The van der Waals surface area contributed by atoms with Crippen LogP contribution in [0.4, 0.5) is 5.82 Å². The van der Waals surface area contributed by atoms with Gasteiger partial charge in [0.2, 0.25) is 0 Å². The van der Waals surface area contributed by atoms with Gasteiger partial charge in [0.05, 0.1) is 0 Å². The second kappa shape index (κ2) is 5.95. The lowest BCUT2D eigenvalue weighted by molar-refractivity contribution is 0.809. The fourth-order valence-corrected chi connectivity index (χ4v) is 2.42. The lowest BCUT2D eigenvalue weighted by Gasteiger charge is -2.06. The second-order valence-electron chi connectivity index (χ2n) is 3.87. The van der Waals surface area contributed by atoms with Crippen molar-refractivity contribution in [1.82, 2.24) is 9.97 Å². The highest BCUT2D eigenvalue weighted by atomic mass is 127. The number of aromatic nitrogens is 2. The number of hydrogen-bond donors (Lipinski definition) is 1. The predicted octanol–water partition coefficient (Wildman–Crippen LogP) is 2.84. The third-order valence-corrected chi connectivity index (χ3v) is 3.59. The van der Waals surface area contributed by atoms with Gasteiger partial charge < -0.3 is 5.73 Å². The fraction of sp³-hybridized carbons (Fsp3) is 0.231. The van der Waals surface area contributed by atoms with E-state index in [1.54, 1.807) is 0 Å². The molecule has 4 heteroatoms. The number of nitrogen functional groups attached to an aromatic ring is 1. The van der Waals surface area contributed by atoms with Crippen molar-refractivity contribution in [3.8, 4) is 0 Å². The monoisotopic (exact) mass is 339 g/mol. The van der Waals surface area contributed by atoms with E-state index in [1.165, 1.54) is 11.9 Å². The summed E-state index contributed by atoms with van der Waals surface area (Å²) in [6.07, 6.45) is 4.57. The van der Waals surface area contributed by atoms with E-state index in [2.05, 4.69) is 56.8 Å². The molecule has 0 bridgehead atoms. The molecule has 0 aliphatic heterocycles. The Labute approximate surface area is 115 Å². The zero-order valence-corrected chi connectivity index (χ0v) is 11.6. The highest BCUT2D eigenvalue weighted by Crippen LogP contribution is 2.17. The summed E-state index contributed by atoms with van der Waals surface area (Å²) >= 11 is 2.21. The van der Waals surface area contributed by atoms with Crippen molar-refractivity contribution in [3.05, 3.63) is 51.5 Å². The van der Waals surface area contributed by atoms with E-state index >= 15 is 0 Å². The number of anilines is 1. The van der Waals surface area contributed by atoms with Crippen LogP contribution in [-0.2, 0) is 12.8 Å². The summed E-state index contributed by atoms with van der Waals surface area (Å²) in [7, 11) is 0. The molecular weight excluding hydrogens is 325 g/mol. The molecule has 0 saturated heterocycles. The molecule has 0 atom stereocenters. The number of benzene rings is 1. The van der Waals surface area contributed by atoms with Crippen molar-refractivity contribution >= 4 is 28.4 Å². The third-order valence-electron chi connectivity index (χ3n) is 2.66. The van der Waals surface area contributed by atoms with Crippen LogP contribution >= 0.6 is 22.6 Å². The number of rotatable bonds is 4. The lowest BCUT2D eigenvalue weighted by atomic mass is 10.1. The molecule has 0 saturated carbocycles. The topological polar surface area (TPSA) is 51.8 Å². The zero-order valence-electron chi connectivity index (χ0n) is 9.44. The molecule has 17 heavy (non-hydrogen) atoms. The molecule has 0 amide bonds. The Hall–Kier alpha value is -1.17. The van der Waals surface area contributed by atoms with Gasteiger partial charge in [0, 0.05) is 5.56 Å². The Morgan fingerprint density at radius 3 is 2.53 bits per heavy atom. The van der Waals surface area contributed by atoms with Crippen molar-refractivity contribution in [2.45, 2.75) is 19.3 Å². The summed E-state index contributed by atoms with van der Waals surface area (Å²) in [5.74, 6) is 0.609. The van der Waals surface area contributed by atoms with Gasteiger partial charge in [0.1, 0.15) is 15.8 Å². The van der Waals surface area contributed by atoms with Crippen molar-refractivity contribution in [2.24, 2.45) is 0 Å². The molecule has 0 spiro atoms. The smallest absolute Gasteiger partial charge is 0.131 e. The van der Waals surface area contributed by atoms with Crippen LogP contribution in [0.3, 0.4) is 0 Å². The summed E-state index contributed by atoms with van der Waals surface area (Å²) in [6, 6.07) is 10.5. The van der Waals surface area contributed by atoms with Gasteiger partial charge in [-0.2, -0.15) is 0 Å². The molecule has 88 valence electrons. The fourth-order valence-electron chi connectivity index (χ4n) is 1.75. The standard InChI is InChI=1S/C13H14IN3/c14-12-11(13(15)17-9-16-12)8-4-7-10-5-2-1-3-6-10/h1-3,5-6,9H,4,7-8H2,(H2,15,16,17).